The van der Waals surface area contributed by atoms with Crippen LogP contribution in [0.2, 0.25) is 0 Å². The Bertz CT molecular complexity index is 618. The molecule has 1 atom stereocenters. The second kappa shape index (κ2) is 7.62. The Morgan fingerprint density at radius 2 is 1.96 bits per heavy atom. The highest BCUT2D eigenvalue weighted by Crippen LogP contribution is 2.12. The van der Waals surface area contributed by atoms with Gasteiger partial charge in [0.05, 0.1) is 25.9 Å². The number of rotatable bonds is 5. The van der Waals surface area contributed by atoms with Gasteiger partial charge >= 0.3 is 0 Å². The number of hydrogen-bond acceptors (Lipinski definition) is 2. The zero-order chi connectivity index (χ0) is 16.1. The first-order valence-electron chi connectivity index (χ1n) is 8.22. The number of anilines is 1. The van der Waals surface area contributed by atoms with Gasteiger partial charge < -0.3 is 20.0 Å². The number of benzene rings is 1. The first kappa shape index (κ1) is 16.0. The highest BCUT2D eigenvalue weighted by Gasteiger charge is 2.29. The molecule has 0 unspecified atom stereocenters. The van der Waals surface area contributed by atoms with Gasteiger partial charge in [0.1, 0.15) is 0 Å². The van der Waals surface area contributed by atoms with Gasteiger partial charge in [-0.2, -0.15) is 0 Å². The normalized spacial score (nSPS) is 16.2. The molecule has 0 radical (unpaired) electrons. The van der Waals surface area contributed by atoms with Crippen molar-refractivity contribution in [1.29, 1.82) is 0 Å². The van der Waals surface area contributed by atoms with Crippen LogP contribution in [0, 0.1) is 6.92 Å². The summed E-state index contributed by atoms with van der Waals surface area (Å²) < 4.78 is 5.65. The zero-order valence-corrected chi connectivity index (χ0v) is 14.3. The quantitative estimate of drug-likeness (QED) is 0.736. The molecular weight excluding hydrogens is 306 g/mol. The van der Waals surface area contributed by atoms with E-state index >= 15 is 0 Å². The molecule has 1 saturated heterocycles. The predicted molar refractivity (Wildman–Crippen MR) is 96.8 cm³/mol. The van der Waals surface area contributed by atoms with Crippen LogP contribution in [0.4, 0.5) is 5.69 Å². The molecule has 2 aromatic rings. The van der Waals surface area contributed by atoms with E-state index in [9.17, 15) is 0 Å². The van der Waals surface area contributed by atoms with E-state index < -0.39 is 0 Å². The van der Waals surface area contributed by atoms with Crippen LogP contribution in [0.5, 0.6) is 0 Å². The molecule has 1 fully saturated rings. The van der Waals surface area contributed by atoms with Gasteiger partial charge in [0, 0.05) is 18.5 Å². The minimum atomic E-state index is 0.310. The Kier molecular flexibility index (Phi) is 5.31. The molecular formula is C18H24N3OS+. The van der Waals surface area contributed by atoms with Crippen molar-refractivity contribution >= 4 is 23.0 Å². The number of aryl methyl sites for hydroxylation is 1. The molecule has 4 nitrogen and oxygen atoms in total. The Balaban J connectivity index is 1.57. The molecule has 1 aromatic carbocycles. The maximum atomic E-state index is 5.65. The monoisotopic (exact) mass is 330 g/mol. The number of furan rings is 1. The summed E-state index contributed by atoms with van der Waals surface area (Å²) in [6.07, 6.45) is 4.33. The minimum absolute atomic E-state index is 0.310. The highest BCUT2D eigenvalue weighted by atomic mass is 32.1. The summed E-state index contributed by atoms with van der Waals surface area (Å²) in [6, 6.07) is 12.6. The fourth-order valence-electron chi connectivity index (χ4n) is 3.12. The van der Waals surface area contributed by atoms with E-state index in [4.69, 9.17) is 16.6 Å². The minimum Gasteiger partial charge on any atom is -0.463 e. The summed E-state index contributed by atoms with van der Waals surface area (Å²) in [7, 11) is 0. The van der Waals surface area contributed by atoms with Crippen molar-refractivity contribution < 1.29 is 9.32 Å². The third-order valence-electron chi connectivity index (χ3n) is 4.40. The van der Waals surface area contributed by atoms with Gasteiger partial charge in [-0.15, -0.1) is 0 Å². The largest absolute Gasteiger partial charge is 0.463 e. The summed E-state index contributed by atoms with van der Waals surface area (Å²) in [5.74, 6) is 1.03. The molecule has 0 saturated carbocycles. The molecule has 2 heterocycles. The van der Waals surface area contributed by atoms with Crippen molar-refractivity contribution in [3.8, 4) is 0 Å². The first-order valence-corrected chi connectivity index (χ1v) is 8.63. The molecule has 1 aliphatic rings. The molecule has 0 spiro atoms. The fourth-order valence-corrected chi connectivity index (χ4v) is 3.32. The van der Waals surface area contributed by atoms with E-state index in [1.54, 1.807) is 11.2 Å². The topological polar surface area (TPSA) is 41.6 Å². The molecule has 5 heteroatoms. The van der Waals surface area contributed by atoms with E-state index in [2.05, 4.69) is 35.8 Å². The van der Waals surface area contributed by atoms with Crippen LogP contribution in [-0.2, 0) is 0 Å². The first-order chi connectivity index (χ1) is 11.2. The maximum Gasteiger partial charge on any atom is 0.171 e. The smallest absolute Gasteiger partial charge is 0.171 e. The van der Waals surface area contributed by atoms with E-state index in [0.29, 0.717) is 11.2 Å². The van der Waals surface area contributed by atoms with E-state index in [-0.39, 0.29) is 0 Å². The van der Waals surface area contributed by atoms with Gasteiger partial charge in [0.25, 0.3) is 0 Å². The molecule has 1 aliphatic heterocycles. The Morgan fingerprint density at radius 3 is 2.61 bits per heavy atom. The average Bonchev–Trinajstić information content (AvgIpc) is 3.24. The van der Waals surface area contributed by atoms with Crippen LogP contribution in [0.1, 0.15) is 30.2 Å². The number of hydrogen-bond donors (Lipinski definition) is 3. The lowest BCUT2D eigenvalue weighted by Gasteiger charge is -2.23. The van der Waals surface area contributed by atoms with Crippen LogP contribution in [0.3, 0.4) is 0 Å². The van der Waals surface area contributed by atoms with Gasteiger partial charge in [0.15, 0.2) is 16.9 Å². The van der Waals surface area contributed by atoms with Gasteiger partial charge in [-0.1, -0.05) is 17.7 Å². The van der Waals surface area contributed by atoms with Crippen molar-refractivity contribution in [3.63, 3.8) is 0 Å². The average molecular weight is 330 g/mol. The SMILES string of the molecule is Cc1ccc(NC(=S)NC[C@@H](c2ccco2)[NH+]2CCCC2)cc1. The highest BCUT2D eigenvalue weighted by molar-refractivity contribution is 7.80. The lowest BCUT2D eigenvalue weighted by atomic mass is 10.2. The van der Waals surface area contributed by atoms with Gasteiger partial charge in [-0.05, 0) is 43.4 Å². The molecule has 3 N–H and O–H groups in total. The number of likely N-dealkylation sites (tertiary alicyclic amines) is 1. The molecule has 0 aliphatic carbocycles. The Hall–Kier alpha value is -1.85. The summed E-state index contributed by atoms with van der Waals surface area (Å²) in [6.45, 7) is 5.25. The van der Waals surface area contributed by atoms with Crippen molar-refractivity contribution in [2.75, 3.05) is 25.0 Å². The van der Waals surface area contributed by atoms with Crippen LogP contribution >= 0.6 is 12.2 Å². The van der Waals surface area contributed by atoms with Crippen molar-refractivity contribution in [2.24, 2.45) is 0 Å². The second-order valence-corrected chi connectivity index (χ2v) is 6.54. The molecule has 0 bridgehead atoms. The van der Waals surface area contributed by atoms with Gasteiger partial charge in [-0.25, -0.2) is 0 Å². The Morgan fingerprint density at radius 1 is 1.22 bits per heavy atom. The fraction of sp³-hybridized carbons (Fsp3) is 0.389. The summed E-state index contributed by atoms with van der Waals surface area (Å²) in [5, 5.41) is 7.25. The third kappa shape index (κ3) is 4.33. The van der Waals surface area contributed by atoms with E-state index in [1.165, 1.54) is 31.5 Å². The lowest BCUT2D eigenvalue weighted by Crippen LogP contribution is -3.11. The molecule has 3 rings (SSSR count). The summed E-state index contributed by atoms with van der Waals surface area (Å²) >= 11 is 5.43. The lowest BCUT2D eigenvalue weighted by molar-refractivity contribution is -0.919. The predicted octanol–water partition coefficient (Wildman–Crippen LogP) is 2.29. The van der Waals surface area contributed by atoms with Crippen LogP contribution < -0.4 is 15.5 Å². The van der Waals surface area contributed by atoms with Crippen LogP contribution in [0.15, 0.2) is 47.1 Å². The number of quaternary nitrogens is 1. The standard InChI is InChI=1S/C18H23N3OS/c1-14-6-8-15(9-7-14)20-18(23)19-13-16(17-5-4-12-22-17)21-10-2-3-11-21/h4-9,12,16H,2-3,10-11,13H2,1H3,(H2,19,20,23)/p+1/t16-/m0/s1. The van der Waals surface area contributed by atoms with E-state index in [0.717, 1.165) is 18.0 Å². The zero-order valence-electron chi connectivity index (χ0n) is 13.5. The molecule has 122 valence electrons. The molecule has 0 amide bonds. The number of nitrogens with one attached hydrogen (secondary N) is 3. The molecule has 1 aromatic heterocycles. The summed E-state index contributed by atoms with van der Waals surface area (Å²) in [5.41, 5.74) is 2.25. The van der Waals surface area contributed by atoms with Crippen molar-refractivity contribution in [1.82, 2.24) is 5.32 Å². The maximum absolute atomic E-state index is 5.65. The van der Waals surface area contributed by atoms with Crippen LogP contribution in [0.25, 0.3) is 0 Å². The van der Waals surface area contributed by atoms with Gasteiger partial charge in [-0.3, -0.25) is 0 Å². The Labute approximate surface area is 142 Å². The van der Waals surface area contributed by atoms with Crippen LogP contribution in [-0.4, -0.2) is 24.7 Å². The second-order valence-electron chi connectivity index (χ2n) is 6.13. The van der Waals surface area contributed by atoms with Crippen molar-refractivity contribution in [3.05, 3.63) is 54.0 Å². The third-order valence-corrected chi connectivity index (χ3v) is 4.65. The molecule has 23 heavy (non-hydrogen) atoms. The number of thiocarbonyl (C=S) groups is 1. The van der Waals surface area contributed by atoms with Gasteiger partial charge in [0.2, 0.25) is 0 Å². The van der Waals surface area contributed by atoms with Crippen molar-refractivity contribution in [2.45, 2.75) is 25.8 Å². The summed E-state index contributed by atoms with van der Waals surface area (Å²) in [4.78, 5) is 1.57. The van der Waals surface area contributed by atoms with E-state index in [1.807, 2.05) is 18.2 Å².